The van der Waals surface area contributed by atoms with Crippen molar-refractivity contribution in [1.82, 2.24) is 4.90 Å². The smallest absolute Gasteiger partial charge is 0.225 e. The summed E-state index contributed by atoms with van der Waals surface area (Å²) in [7, 11) is 3.36. The summed E-state index contributed by atoms with van der Waals surface area (Å²) in [5.41, 5.74) is 5.47. The van der Waals surface area contributed by atoms with Gasteiger partial charge in [0.15, 0.2) is 0 Å². The lowest BCUT2D eigenvalue weighted by Gasteiger charge is -2.20. The Balaban J connectivity index is 2.07. The molecule has 0 aromatic heterocycles. The summed E-state index contributed by atoms with van der Waals surface area (Å²) in [5.74, 6) is 0.823. The molecule has 0 saturated heterocycles. The molecule has 5 heteroatoms. The number of hydrogen-bond acceptors (Lipinski definition) is 4. The average molecular weight is 244 g/mol. The van der Waals surface area contributed by atoms with Crippen molar-refractivity contribution >= 4 is 5.91 Å². The second kappa shape index (κ2) is 7.63. The van der Waals surface area contributed by atoms with Gasteiger partial charge in [-0.15, -0.1) is 0 Å². The highest BCUT2D eigenvalue weighted by Gasteiger charge is 2.21. The summed E-state index contributed by atoms with van der Waals surface area (Å²) >= 11 is 0. The summed E-state index contributed by atoms with van der Waals surface area (Å²) in [4.78, 5) is 13.4. The third-order valence-corrected chi connectivity index (χ3v) is 3.05. The largest absolute Gasteiger partial charge is 0.380 e. The summed E-state index contributed by atoms with van der Waals surface area (Å²) in [6, 6.07) is 0. The van der Waals surface area contributed by atoms with Gasteiger partial charge in [-0.1, -0.05) is 0 Å². The van der Waals surface area contributed by atoms with Crippen molar-refractivity contribution in [3.8, 4) is 0 Å². The third kappa shape index (κ3) is 6.00. The van der Waals surface area contributed by atoms with Crippen LogP contribution in [0.4, 0.5) is 0 Å². The summed E-state index contributed by atoms with van der Waals surface area (Å²) in [6.07, 6.45) is 2.74. The number of nitrogens with two attached hydrogens (primary N) is 1. The third-order valence-electron chi connectivity index (χ3n) is 3.05. The molecule has 1 fully saturated rings. The van der Waals surface area contributed by atoms with Crippen molar-refractivity contribution in [1.29, 1.82) is 0 Å². The molecule has 1 rings (SSSR count). The minimum atomic E-state index is -0.183. The Kier molecular flexibility index (Phi) is 6.47. The van der Waals surface area contributed by atoms with Crippen LogP contribution in [-0.2, 0) is 14.3 Å². The Labute approximate surface area is 103 Å². The molecule has 1 aliphatic carbocycles. The molecule has 0 bridgehead atoms. The number of carbonyl (C=O) groups excluding carboxylic acids is 1. The number of rotatable bonds is 9. The Morgan fingerprint density at radius 2 is 2.24 bits per heavy atom. The van der Waals surface area contributed by atoms with Gasteiger partial charge < -0.3 is 20.1 Å². The number of nitrogens with zero attached hydrogens (tertiary/aromatic N) is 1. The minimum absolute atomic E-state index is 0.0531. The van der Waals surface area contributed by atoms with Gasteiger partial charge in [0.2, 0.25) is 5.91 Å². The van der Waals surface area contributed by atoms with E-state index in [-0.39, 0.29) is 12.0 Å². The normalized spacial score (nSPS) is 16.9. The van der Waals surface area contributed by atoms with Crippen LogP contribution in [-0.4, -0.2) is 57.4 Å². The second-order valence-corrected chi connectivity index (χ2v) is 4.63. The first kappa shape index (κ1) is 14.4. The fourth-order valence-corrected chi connectivity index (χ4v) is 1.47. The first-order valence-corrected chi connectivity index (χ1v) is 6.22. The standard InChI is InChI=1S/C12H24N2O3/c1-14(5-6-17-9-10-3-4-10)12(15)7-11(8-13)16-2/h10-11H,3-9,13H2,1-2H3. The maximum Gasteiger partial charge on any atom is 0.225 e. The maximum atomic E-state index is 11.7. The van der Waals surface area contributed by atoms with Crippen LogP contribution in [0.25, 0.3) is 0 Å². The van der Waals surface area contributed by atoms with E-state index in [9.17, 15) is 4.79 Å². The van der Waals surface area contributed by atoms with E-state index in [1.54, 1.807) is 19.1 Å². The highest BCUT2D eigenvalue weighted by atomic mass is 16.5. The second-order valence-electron chi connectivity index (χ2n) is 4.63. The maximum absolute atomic E-state index is 11.7. The number of ether oxygens (including phenoxy) is 2. The van der Waals surface area contributed by atoms with Crippen LogP contribution in [0.3, 0.4) is 0 Å². The molecule has 1 aliphatic rings. The van der Waals surface area contributed by atoms with Crippen molar-refractivity contribution in [3.63, 3.8) is 0 Å². The molecule has 0 aromatic carbocycles. The zero-order valence-corrected chi connectivity index (χ0v) is 10.9. The molecule has 1 amide bonds. The molecule has 1 atom stereocenters. The molecule has 0 heterocycles. The fourth-order valence-electron chi connectivity index (χ4n) is 1.47. The monoisotopic (exact) mass is 244 g/mol. The van der Waals surface area contributed by atoms with Gasteiger partial charge in [0.1, 0.15) is 0 Å². The van der Waals surface area contributed by atoms with E-state index in [2.05, 4.69) is 0 Å². The number of hydrogen-bond donors (Lipinski definition) is 1. The van der Waals surface area contributed by atoms with Crippen molar-refractivity contribution in [2.75, 3.05) is 40.5 Å². The number of carbonyl (C=O) groups is 1. The number of methoxy groups -OCH3 is 1. The van der Waals surface area contributed by atoms with Crippen LogP contribution in [0.5, 0.6) is 0 Å². The highest BCUT2D eigenvalue weighted by molar-refractivity contribution is 5.76. The molecule has 1 unspecified atom stereocenters. The van der Waals surface area contributed by atoms with Crippen LogP contribution in [0.2, 0.25) is 0 Å². The van der Waals surface area contributed by atoms with Crippen LogP contribution in [0.1, 0.15) is 19.3 Å². The topological polar surface area (TPSA) is 64.8 Å². The summed E-state index contributed by atoms with van der Waals surface area (Å²) in [6.45, 7) is 2.45. The molecule has 0 spiro atoms. The van der Waals surface area contributed by atoms with Crippen LogP contribution in [0, 0.1) is 5.92 Å². The molecule has 5 nitrogen and oxygen atoms in total. The lowest BCUT2D eigenvalue weighted by atomic mass is 10.2. The van der Waals surface area contributed by atoms with Crippen LogP contribution in [0.15, 0.2) is 0 Å². The van der Waals surface area contributed by atoms with E-state index in [1.165, 1.54) is 12.8 Å². The summed E-state index contributed by atoms with van der Waals surface area (Å²) < 4.78 is 10.6. The summed E-state index contributed by atoms with van der Waals surface area (Å²) in [5, 5.41) is 0. The molecular formula is C12H24N2O3. The zero-order valence-electron chi connectivity index (χ0n) is 10.9. The first-order valence-electron chi connectivity index (χ1n) is 6.22. The van der Waals surface area contributed by atoms with Gasteiger partial charge >= 0.3 is 0 Å². The van der Waals surface area contributed by atoms with E-state index < -0.39 is 0 Å². The van der Waals surface area contributed by atoms with Gasteiger partial charge in [-0.05, 0) is 18.8 Å². The highest BCUT2D eigenvalue weighted by Crippen LogP contribution is 2.28. The minimum Gasteiger partial charge on any atom is -0.380 e. The predicted molar refractivity (Wildman–Crippen MR) is 65.6 cm³/mol. The Morgan fingerprint density at radius 1 is 1.53 bits per heavy atom. The van der Waals surface area contributed by atoms with E-state index in [0.717, 1.165) is 12.5 Å². The predicted octanol–water partition coefficient (Wildman–Crippen LogP) is 0.235. The zero-order chi connectivity index (χ0) is 12.7. The molecule has 0 radical (unpaired) electrons. The van der Waals surface area contributed by atoms with E-state index in [0.29, 0.717) is 26.1 Å². The van der Waals surface area contributed by atoms with E-state index in [4.69, 9.17) is 15.2 Å². The molecule has 0 aliphatic heterocycles. The van der Waals surface area contributed by atoms with Gasteiger partial charge in [0, 0.05) is 33.9 Å². The first-order chi connectivity index (χ1) is 8.17. The van der Waals surface area contributed by atoms with Crippen molar-refractivity contribution in [2.24, 2.45) is 11.7 Å². The van der Waals surface area contributed by atoms with Crippen LogP contribution < -0.4 is 5.73 Å². The Morgan fingerprint density at radius 3 is 2.76 bits per heavy atom. The molecule has 0 aromatic rings. The van der Waals surface area contributed by atoms with Crippen molar-refractivity contribution in [2.45, 2.75) is 25.4 Å². The number of likely N-dealkylation sites (N-methyl/N-ethyl adjacent to an activating group) is 1. The lowest BCUT2D eigenvalue weighted by molar-refractivity contribution is -0.133. The van der Waals surface area contributed by atoms with Gasteiger partial charge in [0.05, 0.1) is 19.1 Å². The van der Waals surface area contributed by atoms with Crippen LogP contribution >= 0.6 is 0 Å². The van der Waals surface area contributed by atoms with Crippen molar-refractivity contribution in [3.05, 3.63) is 0 Å². The molecule has 17 heavy (non-hydrogen) atoms. The van der Waals surface area contributed by atoms with E-state index >= 15 is 0 Å². The Bertz CT molecular complexity index is 228. The van der Waals surface area contributed by atoms with Gasteiger partial charge in [-0.2, -0.15) is 0 Å². The molecular weight excluding hydrogens is 220 g/mol. The van der Waals surface area contributed by atoms with Gasteiger partial charge in [-0.3, -0.25) is 4.79 Å². The van der Waals surface area contributed by atoms with Gasteiger partial charge in [-0.25, -0.2) is 0 Å². The quantitative estimate of drug-likeness (QED) is 0.590. The van der Waals surface area contributed by atoms with Crippen molar-refractivity contribution < 1.29 is 14.3 Å². The molecule has 100 valence electrons. The average Bonchev–Trinajstić information content (AvgIpc) is 3.14. The molecule has 2 N–H and O–H groups in total. The Hall–Kier alpha value is -0.650. The number of amides is 1. The van der Waals surface area contributed by atoms with Gasteiger partial charge in [0.25, 0.3) is 0 Å². The van der Waals surface area contributed by atoms with E-state index in [1.807, 2.05) is 0 Å². The lowest BCUT2D eigenvalue weighted by Crippen LogP contribution is -2.35. The molecule has 1 saturated carbocycles. The fraction of sp³-hybridized carbons (Fsp3) is 0.917. The SMILES string of the molecule is COC(CN)CC(=O)N(C)CCOCC1CC1.